The van der Waals surface area contributed by atoms with Crippen LogP contribution < -0.4 is 18.9 Å². The molecule has 0 bridgehead atoms. The van der Waals surface area contributed by atoms with E-state index in [9.17, 15) is 4.79 Å². The molecule has 0 atom stereocenters. The quantitative estimate of drug-likeness (QED) is 0.561. The zero-order valence-corrected chi connectivity index (χ0v) is 14.9. The molecule has 1 aromatic heterocycles. The highest BCUT2D eigenvalue weighted by Crippen LogP contribution is 2.51. The number of hydrogen-bond acceptors (Lipinski definition) is 6. The van der Waals surface area contributed by atoms with Gasteiger partial charge in [0.2, 0.25) is 5.75 Å². The van der Waals surface area contributed by atoms with E-state index in [0.29, 0.717) is 45.2 Å². The monoisotopic (exact) mass is 351 g/mol. The number of ketones is 1. The summed E-state index contributed by atoms with van der Waals surface area (Å²) in [6, 6.07) is 7.19. The summed E-state index contributed by atoms with van der Waals surface area (Å²) in [5.41, 5.74) is 2.39. The van der Waals surface area contributed by atoms with Crippen LogP contribution in [-0.4, -0.2) is 39.2 Å². The van der Waals surface area contributed by atoms with E-state index in [4.69, 9.17) is 18.9 Å². The lowest BCUT2D eigenvalue weighted by Crippen LogP contribution is -2.14. The average molecular weight is 351 g/mol. The molecule has 0 saturated heterocycles. The number of hydrogen-bond donors (Lipinski definition) is 0. The lowest BCUT2D eigenvalue weighted by Gasteiger charge is -2.24. The molecule has 1 heterocycles. The van der Waals surface area contributed by atoms with Crippen LogP contribution in [0.2, 0.25) is 0 Å². The fraction of sp³-hybridized carbons (Fsp3) is 0.200. The molecule has 0 fully saturated rings. The Morgan fingerprint density at radius 3 is 2.19 bits per heavy atom. The van der Waals surface area contributed by atoms with Crippen molar-refractivity contribution in [1.82, 2.24) is 4.98 Å². The lowest BCUT2D eigenvalue weighted by molar-refractivity contribution is 0.103. The van der Waals surface area contributed by atoms with Crippen LogP contribution in [0.15, 0.2) is 30.5 Å². The Bertz CT molecular complexity index is 1060. The topological polar surface area (TPSA) is 66.9 Å². The standard InChI is InChI=1S/C20H17NO5/c1-23-10-5-6-11-13(9-10)17(22)15-14-12(7-8-21-16(11)14)18(24-2)20(26-4)19(15)25-3/h5-9H,1-4H3. The van der Waals surface area contributed by atoms with Gasteiger partial charge in [0.15, 0.2) is 17.3 Å². The number of pyridine rings is 1. The van der Waals surface area contributed by atoms with Crippen molar-refractivity contribution in [3.63, 3.8) is 0 Å². The minimum atomic E-state index is -0.165. The minimum absolute atomic E-state index is 0.165. The normalized spacial score (nSPS) is 11.9. The molecule has 0 radical (unpaired) electrons. The van der Waals surface area contributed by atoms with Gasteiger partial charge >= 0.3 is 0 Å². The molecular weight excluding hydrogens is 334 g/mol. The van der Waals surface area contributed by atoms with Gasteiger partial charge in [-0.25, -0.2) is 0 Å². The highest BCUT2D eigenvalue weighted by molar-refractivity contribution is 6.28. The van der Waals surface area contributed by atoms with E-state index in [1.165, 1.54) is 14.2 Å². The first-order chi connectivity index (χ1) is 12.7. The number of methoxy groups -OCH3 is 4. The molecule has 2 aromatic carbocycles. The lowest BCUT2D eigenvalue weighted by atomic mass is 9.84. The second-order valence-electron chi connectivity index (χ2n) is 5.80. The van der Waals surface area contributed by atoms with E-state index in [1.54, 1.807) is 26.5 Å². The number of nitrogens with zero attached hydrogens (tertiary/aromatic N) is 1. The summed E-state index contributed by atoms with van der Waals surface area (Å²) in [5, 5.41) is 1.45. The maximum absolute atomic E-state index is 13.4. The molecule has 0 aliphatic heterocycles. The number of carbonyl (C=O) groups is 1. The molecule has 1 aliphatic rings. The molecule has 6 nitrogen and oxygen atoms in total. The Kier molecular flexibility index (Phi) is 3.68. The Morgan fingerprint density at radius 1 is 0.808 bits per heavy atom. The third-order valence-electron chi connectivity index (χ3n) is 4.65. The Morgan fingerprint density at radius 2 is 1.54 bits per heavy atom. The molecule has 0 amide bonds. The van der Waals surface area contributed by atoms with E-state index in [2.05, 4.69) is 4.98 Å². The summed E-state index contributed by atoms with van der Waals surface area (Å²) in [6.45, 7) is 0. The predicted octanol–water partition coefficient (Wildman–Crippen LogP) is 3.48. The minimum Gasteiger partial charge on any atom is -0.497 e. The van der Waals surface area contributed by atoms with Crippen molar-refractivity contribution < 1.29 is 23.7 Å². The summed E-state index contributed by atoms with van der Waals surface area (Å²) < 4.78 is 21.9. The Balaban J connectivity index is 2.22. The number of rotatable bonds is 4. The van der Waals surface area contributed by atoms with Gasteiger partial charge in [0.25, 0.3) is 0 Å². The van der Waals surface area contributed by atoms with Crippen molar-refractivity contribution in [2.24, 2.45) is 0 Å². The van der Waals surface area contributed by atoms with Gasteiger partial charge < -0.3 is 18.9 Å². The number of ether oxygens (including phenoxy) is 4. The second kappa shape index (κ2) is 5.91. The second-order valence-corrected chi connectivity index (χ2v) is 5.80. The molecule has 3 aromatic rings. The van der Waals surface area contributed by atoms with Crippen LogP contribution in [0.3, 0.4) is 0 Å². The average Bonchev–Trinajstić information content (AvgIpc) is 2.69. The number of carbonyl (C=O) groups excluding carboxylic acids is 1. The van der Waals surface area contributed by atoms with Gasteiger partial charge in [-0.15, -0.1) is 0 Å². The summed E-state index contributed by atoms with van der Waals surface area (Å²) in [7, 11) is 6.15. The smallest absolute Gasteiger partial charge is 0.204 e. The molecule has 1 aliphatic carbocycles. The van der Waals surface area contributed by atoms with E-state index in [1.807, 2.05) is 18.2 Å². The first-order valence-corrected chi connectivity index (χ1v) is 8.00. The highest BCUT2D eigenvalue weighted by atomic mass is 16.5. The molecule has 6 heteroatoms. The molecule has 0 spiro atoms. The van der Waals surface area contributed by atoms with Gasteiger partial charge in [-0.3, -0.25) is 9.78 Å². The molecular formula is C20H17NO5. The summed E-state index contributed by atoms with van der Waals surface area (Å²) >= 11 is 0. The van der Waals surface area contributed by atoms with Gasteiger partial charge in [-0.1, -0.05) is 0 Å². The fourth-order valence-corrected chi connectivity index (χ4v) is 3.54. The Hall–Kier alpha value is -3.28. The highest BCUT2D eigenvalue weighted by Gasteiger charge is 2.34. The van der Waals surface area contributed by atoms with E-state index < -0.39 is 0 Å². The van der Waals surface area contributed by atoms with Crippen LogP contribution in [0.4, 0.5) is 0 Å². The van der Waals surface area contributed by atoms with Crippen LogP contribution in [-0.2, 0) is 0 Å². The van der Waals surface area contributed by atoms with Crippen molar-refractivity contribution in [2.45, 2.75) is 0 Å². The van der Waals surface area contributed by atoms with Crippen molar-refractivity contribution in [3.05, 3.63) is 41.6 Å². The van der Waals surface area contributed by atoms with Crippen molar-refractivity contribution in [2.75, 3.05) is 28.4 Å². The maximum Gasteiger partial charge on any atom is 0.204 e. The van der Waals surface area contributed by atoms with Crippen LogP contribution in [0.5, 0.6) is 23.0 Å². The first-order valence-electron chi connectivity index (χ1n) is 8.00. The molecule has 4 rings (SSSR count). The van der Waals surface area contributed by atoms with Gasteiger partial charge in [0, 0.05) is 28.1 Å². The molecule has 26 heavy (non-hydrogen) atoms. The third kappa shape index (κ3) is 1.98. The SMILES string of the molecule is COc1ccc2c(c1)C(=O)c1c(OC)c(OC)c(OC)c3ccnc-2c13. The van der Waals surface area contributed by atoms with Crippen LogP contribution in [0.25, 0.3) is 22.0 Å². The van der Waals surface area contributed by atoms with Crippen LogP contribution in [0, 0.1) is 0 Å². The van der Waals surface area contributed by atoms with E-state index >= 15 is 0 Å². The molecule has 132 valence electrons. The van der Waals surface area contributed by atoms with Gasteiger partial charge in [-0.2, -0.15) is 0 Å². The van der Waals surface area contributed by atoms with E-state index in [-0.39, 0.29) is 5.78 Å². The number of aromatic nitrogens is 1. The Labute approximate surface area is 150 Å². The molecule has 0 saturated carbocycles. The number of benzene rings is 2. The van der Waals surface area contributed by atoms with Crippen LogP contribution in [0.1, 0.15) is 15.9 Å². The summed E-state index contributed by atoms with van der Waals surface area (Å²) in [6.07, 6.45) is 1.69. The number of fused-ring (bicyclic) bond motifs is 2. The van der Waals surface area contributed by atoms with Crippen molar-refractivity contribution in [3.8, 4) is 34.3 Å². The fourth-order valence-electron chi connectivity index (χ4n) is 3.54. The van der Waals surface area contributed by atoms with E-state index in [0.717, 1.165) is 10.9 Å². The largest absolute Gasteiger partial charge is 0.497 e. The van der Waals surface area contributed by atoms with Gasteiger partial charge in [0.05, 0.1) is 39.7 Å². The maximum atomic E-state index is 13.4. The predicted molar refractivity (Wildman–Crippen MR) is 96.8 cm³/mol. The molecule has 0 unspecified atom stereocenters. The van der Waals surface area contributed by atoms with Crippen molar-refractivity contribution in [1.29, 1.82) is 0 Å². The zero-order chi connectivity index (χ0) is 18.4. The third-order valence-corrected chi connectivity index (χ3v) is 4.65. The molecule has 0 N–H and O–H groups in total. The van der Waals surface area contributed by atoms with Crippen LogP contribution >= 0.6 is 0 Å². The zero-order valence-electron chi connectivity index (χ0n) is 14.9. The van der Waals surface area contributed by atoms with Gasteiger partial charge in [-0.05, 0) is 24.3 Å². The summed E-state index contributed by atoms with van der Waals surface area (Å²) in [5.74, 6) is 1.67. The van der Waals surface area contributed by atoms with Gasteiger partial charge in [0.1, 0.15) is 5.75 Å². The first kappa shape index (κ1) is 16.2. The van der Waals surface area contributed by atoms with Crippen molar-refractivity contribution >= 4 is 16.6 Å². The summed E-state index contributed by atoms with van der Waals surface area (Å²) in [4.78, 5) is 17.9.